The summed E-state index contributed by atoms with van der Waals surface area (Å²) in [5.41, 5.74) is 0.281. The van der Waals surface area contributed by atoms with Crippen molar-refractivity contribution in [1.82, 2.24) is 9.55 Å². The van der Waals surface area contributed by atoms with Crippen molar-refractivity contribution >= 4 is 16.7 Å². The third kappa shape index (κ3) is 3.03. The van der Waals surface area contributed by atoms with Crippen LogP contribution in [0.15, 0.2) is 47.4 Å². The summed E-state index contributed by atoms with van der Waals surface area (Å²) >= 11 is 0. The number of pyridine rings is 2. The fraction of sp³-hybridized carbons (Fsp3) is 0.263. The first kappa shape index (κ1) is 17.6. The summed E-state index contributed by atoms with van der Waals surface area (Å²) in [5, 5.41) is 12.3. The van der Waals surface area contributed by atoms with E-state index in [4.69, 9.17) is 4.74 Å². The van der Waals surface area contributed by atoms with Gasteiger partial charge in [0.1, 0.15) is 11.4 Å². The molecule has 0 saturated heterocycles. The van der Waals surface area contributed by atoms with Crippen LogP contribution in [0.25, 0.3) is 22.2 Å². The number of nitro groups is 1. The molecule has 1 aromatic carbocycles. The van der Waals surface area contributed by atoms with Crippen LogP contribution in [-0.2, 0) is 6.54 Å². The van der Waals surface area contributed by atoms with Crippen LogP contribution in [0.4, 0.5) is 5.69 Å². The Morgan fingerprint density at radius 1 is 1.23 bits per heavy atom. The molecule has 0 amide bonds. The number of unbranched alkanes of at least 4 members (excludes halogenated alkanes) is 1. The van der Waals surface area contributed by atoms with Crippen LogP contribution in [0, 0.1) is 10.1 Å². The van der Waals surface area contributed by atoms with Gasteiger partial charge in [0.2, 0.25) is 0 Å². The molecule has 0 spiro atoms. The SMILES string of the molecule is CCCCn1c(=O)c([N+](=O)[O-])c(-c2ccc(OC)cc2)c2cccnc21. The van der Waals surface area contributed by atoms with Gasteiger partial charge in [-0.25, -0.2) is 4.98 Å². The quantitative estimate of drug-likeness (QED) is 0.497. The van der Waals surface area contributed by atoms with Gasteiger partial charge in [-0.15, -0.1) is 0 Å². The van der Waals surface area contributed by atoms with Crippen molar-refractivity contribution in [3.8, 4) is 16.9 Å². The van der Waals surface area contributed by atoms with E-state index in [9.17, 15) is 14.9 Å². The highest BCUT2D eigenvalue weighted by atomic mass is 16.6. The van der Waals surface area contributed by atoms with E-state index in [0.717, 1.165) is 12.8 Å². The molecule has 0 unspecified atom stereocenters. The third-order valence-corrected chi connectivity index (χ3v) is 4.29. The Morgan fingerprint density at radius 2 is 1.96 bits per heavy atom. The number of nitrogens with zero attached hydrogens (tertiary/aromatic N) is 3. The zero-order valence-corrected chi connectivity index (χ0v) is 14.6. The number of aryl methyl sites for hydroxylation is 1. The van der Waals surface area contributed by atoms with Crippen LogP contribution in [0.2, 0.25) is 0 Å². The number of hydrogen-bond donors (Lipinski definition) is 0. The maximum absolute atomic E-state index is 12.9. The predicted molar refractivity (Wildman–Crippen MR) is 99.6 cm³/mol. The van der Waals surface area contributed by atoms with E-state index in [2.05, 4.69) is 4.98 Å². The van der Waals surface area contributed by atoms with Crippen LogP contribution in [0.1, 0.15) is 19.8 Å². The van der Waals surface area contributed by atoms with E-state index < -0.39 is 16.2 Å². The summed E-state index contributed by atoms with van der Waals surface area (Å²) in [7, 11) is 1.55. The van der Waals surface area contributed by atoms with Gasteiger partial charge in [-0.1, -0.05) is 25.5 Å². The standard InChI is InChI=1S/C19H19N3O4/c1-3-4-12-21-18-15(6-5-11-20-18)16(17(19(21)23)22(24)25)13-7-9-14(26-2)10-8-13/h5-11H,3-4,12H2,1-2H3. The molecule has 7 nitrogen and oxygen atoms in total. The van der Waals surface area contributed by atoms with Crippen molar-refractivity contribution in [2.75, 3.05) is 7.11 Å². The zero-order chi connectivity index (χ0) is 18.7. The molecule has 134 valence electrons. The van der Waals surface area contributed by atoms with Crippen molar-refractivity contribution in [1.29, 1.82) is 0 Å². The van der Waals surface area contributed by atoms with Gasteiger partial charge in [-0.05, 0) is 36.2 Å². The maximum Gasteiger partial charge on any atom is 0.342 e. The molecule has 0 bridgehead atoms. The number of methoxy groups -OCH3 is 1. The first-order valence-corrected chi connectivity index (χ1v) is 8.38. The lowest BCUT2D eigenvalue weighted by Crippen LogP contribution is -2.25. The van der Waals surface area contributed by atoms with Crippen molar-refractivity contribution in [3.05, 3.63) is 63.1 Å². The second-order valence-electron chi connectivity index (χ2n) is 5.89. The average molecular weight is 353 g/mol. The topological polar surface area (TPSA) is 87.3 Å². The fourth-order valence-corrected chi connectivity index (χ4v) is 3.01. The molecule has 2 aromatic heterocycles. The Morgan fingerprint density at radius 3 is 2.58 bits per heavy atom. The lowest BCUT2D eigenvalue weighted by Gasteiger charge is -2.13. The molecular weight excluding hydrogens is 334 g/mol. The molecule has 0 aliphatic heterocycles. The Bertz CT molecular complexity index is 1010. The van der Waals surface area contributed by atoms with Gasteiger partial charge < -0.3 is 4.74 Å². The number of rotatable bonds is 6. The van der Waals surface area contributed by atoms with Crippen molar-refractivity contribution < 1.29 is 9.66 Å². The molecule has 0 radical (unpaired) electrons. The van der Waals surface area contributed by atoms with Crippen LogP contribution in [-0.4, -0.2) is 21.6 Å². The predicted octanol–water partition coefficient (Wildman–Crippen LogP) is 3.78. The van der Waals surface area contributed by atoms with Crippen LogP contribution in [0.3, 0.4) is 0 Å². The van der Waals surface area contributed by atoms with E-state index in [1.807, 2.05) is 6.92 Å². The van der Waals surface area contributed by atoms with Gasteiger partial charge in [0, 0.05) is 18.1 Å². The molecule has 7 heteroatoms. The lowest BCUT2D eigenvalue weighted by molar-refractivity contribution is -0.385. The number of aromatic nitrogens is 2. The Balaban J connectivity index is 2.38. The molecule has 0 fully saturated rings. The minimum Gasteiger partial charge on any atom is -0.497 e. The summed E-state index contributed by atoms with van der Waals surface area (Å²) in [4.78, 5) is 28.4. The molecule has 0 atom stereocenters. The van der Waals surface area contributed by atoms with Crippen molar-refractivity contribution in [3.63, 3.8) is 0 Å². The average Bonchev–Trinajstić information content (AvgIpc) is 2.66. The summed E-state index contributed by atoms with van der Waals surface area (Å²) in [6.07, 6.45) is 3.20. The number of hydrogen-bond acceptors (Lipinski definition) is 5. The lowest BCUT2D eigenvalue weighted by atomic mass is 10.0. The molecule has 0 aliphatic rings. The monoisotopic (exact) mass is 353 g/mol. The minimum absolute atomic E-state index is 0.290. The van der Waals surface area contributed by atoms with E-state index >= 15 is 0 Å². The van der Waals surface area contributed by atoms with E-state index in [-0.39, 0.29) is 0 Å². The second kappa shape index (κ2) is 7.35. The minimum atomic E-state index is -0.625. The van der Waals surface area contributed by atoms with Crippen molar-refractivity contribution in [2.45, 2.75) is 26.3 Å². The third-order valence-electron chi connectivity index (χ3n) is 4.29. The van der Waals surface area contributed by atoms with E-state index in [0.29, 0.717) is 34.5 Å². The molecule has 0 N–H and O–H groups in total. The van der Waals surface area contributed by atoms with Crippen LogP contribution < -0.4 is 10.3 Å². The summed E-state index contributed by atoms with van der Waals surface area (Å²) in [6, 6.07) is 10.3. The molecule has 2 heterocycles. The van der Waals surface area contributed by atoms with Gasteiger partial charge >= 0.3 is 11.2 Å². The van der Waals surface area contributed by atoms with Crippen molar-refractivity contribution in [2.24, 2.45) is 0 Å². The maximum atomic E-state index is 12.9. The van der Waals surface area contributed by atoms with Gasteiger partial charge in [-0.3, -0.25) is 19.5 Å². The highest BCUT2D eigenvalue weighted by molar-refractivity contribution is 5.97. The second-order valence-corrected chi connectivity index (χ2v) is 5.89. The van der Waals surface area contributed by atoms with Gasteiger partial charge in [0.05, 0.1) is 17.6 Å². The molecule has 0 saturated carbocycles. The van der Waals surface area contributed by atoms with Gasteiger partial charge in [0.25, 0.3) is 0 Å². The number of ether oxygens (including phenoxy) is 1. The molecule has 3 rings (SSSR count). The highest BCUT2D eigenvalue weighted by Crippen LogP contribution is 2.34. The van der Waals surface area contributed by atoms with Crippen LogP contribution in [0.5, 0.6) is 5.75 Å². The number of fused-ring (bicyclic) bond motifs is 1. The summed E-state index contributed by atoms with van der Waals surface area (Å²) < 4.78 is 6.55. The smallest absolute Gasteiger partial charge is 0.342 e. The normalized spacial score (nSPS) is 10.8. The molecule has 26 heavy (non-hydrogen) atoms. The fourth-order valence-electron chi connectivity index (χ4n) is 3.01. The van der Waals surface area contributed by atoms with Gasteiger partial charge in [-0.2, -0.15) is 0 Å². The van der Waals surface area contributed by atoms with Gasteiger partial charge in [0.15, 0.2) is 0 Å². The molecule has 3 aromatic rings. The molecule has 0 aliphatic carbocycles. The summed E-state index contributed by atoms with van der Waals surface area (Å²) in [5.74, 6) is 0.634. The first-order valence-electron chi connectivity index (χ1n) is 8.38. The van der Waals surface area contributed by atoms with Crippen LogP contribution >= 0.6 is 0 Å². The Hall–Kier alpha value is -3.22. The molecular formula is C19H19N3O4. The first-order chi connectivity index (χ1) is 12.6. The summed E-state index contributed by atoms with van der Waals surface area (Å²) in [6.45, 7) is 2.40. The highest BCUT2D eigenvalue weighted by Gasteiger charge is 2.27. The van der Waals surface area contributed by atoms with E-state index in [1.165, 1.54) is 4.57 Å². The largest absolute Gasteiger partial charge is 0.497 e. The number of benzene rings is 1. The Labute approximate surface area is 150 Å². The zero-order valence-electron chi connectivity index (χ0n) is 14.6. The Kier molecular flexibility index (Phi) is 4.97. The van der Waals surface area contributed by atoms with E-state index in [1.54, 1.807) is 49.7 Å².